The number of likely N-dealkylation sites (tertiary alicyclic amines) is 2. The van der Waals surface area contributed by atoms with Gasteiger partial charge in [-0.1, -0.05) is 23.7 Å². The van der Waals surface area contributed by atoms with Crippen molar-refractivity contribution in [2.75, 3.05) is 19.6 Å². The number of halogens is 1. The van der Waals surface area contributed by atoms with Crippen molar-refractivity contribution < 1.29 is 9.59 Å². The fourth-order valence-corrected chi connectivity index (χ4v) is 4.68. The summed E-state index contributed by atoms with van der Waals surface area (Å²) >= 11 is 5.94. The third-order valence-corrected chi connectivity index (χ3v) is 6.19. The van der Waals surface area contributed by atoms with Gasteiger partial charge < -0.3 is 14.4 Å². The molecule has 1 atom stereocenters. The lowest BCUT2D eigenvalue weighted by atomic mass is 9.86. The third kappa shape index (κ3) is 3.65. The molecule has 0 saturated carbocycles. The number of benzene rings is 1. The molecule has 0 aliphatic carbocycles. The lowest BCUT2D eigenvalue weighted by molar-refractivity contribution is -0.134. The summed E-state index contributed by atoms with van der Waals surface area (Å²) in [4.78, 5) is 34.1. The highest BCUT2D eigenvalue weighted by Crippen LogP contribution is 2.38. The number of rotatable bonds is 3. The van der Waals surface area contributed by atoms with Crippen LogP contribution in [0.2, 0.25) is 5.02 Å². The van der Waals surface area contributed by atoms with Crippen LogP contribution in [0, 0.1) is 0 Å². The Morgan fingerprint density at radius 3 is 2.54 bits per heavy atom. The van der Waals surface area contributed by atoms with E-state index < -0.39 is 0 Å². The first-order chi connectivity index (χ1) is 13.5. The van der Waals surface area contributed by atoms with Crippen molar-refractivity contribution in [3.8, 4) is 0 Å². The van der Waals surface area contributed by atoms with Crippen LogP contribution in [0.3, 0.4) is 0 Å². The summed E-state index contributed by atoms with van der Waals surface area (Å²) in [6.07, 6.45) is 7.55. The van der Waals surface area contributed by atoms with Gasteiger partial charge in [0.2, 0.25) is 5.91 Å². The van der Waals surface area contributed by atoms with Gasteiger partial charge in [0, 0.05) is 37.9 Å². The Morgan fingerprint density at radius 2 is 1.86 bits per heavy atom. The first-order valence-electron chi connectivity index (χ1n) is 9.79. The van der Waals surface area contributed by atoms with Crippen molar-refractivity contribution in [1.29, 1.82) is 0 Å². The van der Waals surface area contributed by atoms with Crippen LogP contribution in [0.4, 0.5) is 0 Å². The van der Waals surface area contributed by atoms with Crippen molar-refractivity contribution in [3.05, 3.63) is 53.1 Å². The number of aryl methyl sites for hydroxylation is 1. The van der Waals surface area contributed by atoms with Gasteiger partial charge in [-0.3, -0.25) is 9.59 Å². The van der Waals surface area contributed by atoms with Gasteiger partial charge >= 0.3 is 0 Å². The minimum Gasteiger partial charge on any atom is -0.340 e. The minimum absolute atomic E-state index is 0.0231. The SMILES string of the molecule is Cn1cnc(C(=O)N2CCCC23CCCN(C(=O)Cc2ccc(Cl)cc2)C3)c1. The summed E-state index contributed by atoms with van der Waals surface area (Å²) in [6.45, 7) is 2.09. The maximum absolute atomic E-state index is 13.1. The molecule has 6 nitrogen and oxygen atoms in total. The quantitative estimate of drug-likeness (QED) is 0.795. The van der Waals surface area contributed by atoms with Gasteiger partial charge in [0.05, 0.1) is 18.3 Å². The fourth-order valence-electron chi connectivity index (χ4n) is 4.56. The summed E-state index contributed by atoms with van der Waals surface area (Å²) in [5.41, 5.74) is 1.18. The van der Waals surface area contributed by atoms with Crippen LogP contribution >= 0.6 is 11.6 Å². The molecule has 1 unspecified atom stereocenters. The van der Waals surface area contributed by atoms with E-state index in [4.69, 9.17) is 11.6 Å². The second-order valence-corrected chi connectivity index (χ2v) is 8.37. The number of carbonyl (C=O) groups is 2. The smallest absolute Gasteiger partial charge is 0.274 e. The van der Waals surface area contributed by atoms with Crippen molar-refractivity contribution in [3.63, 3.8) is 0 Å². The van der Waals surface area contributed by atoms with E-state index in [1.54, 1.807) is 17.1 Å². The average molecular weight is 401 g/mol. The number of hydrogen-bond acceptors (Lipinski definition) is 3. The summed E-state index contributed by atoms with van der Waals surface area (Å²) in [5, 5.41) is 0.669. The Labute approximate surface area is 170 Å². The van der Waals surface area contributed by atoms with Gasteiger partial charge in [-0.25, -0.2) is 4.98 Å². The largest absolute Gasteiger partial charge is 0.340 e. The molecule has 2 fully saturated rings. The first kappa shape index (κ1) is 19.0. The van der Waals surface area contributed by atoms with Gasteiger partial charge in [-0.15, -0.1) is 0 Å². The zero-order valence-corrected chi connectivity index (χ0v) is 16.9. The Morgan fingerprint density at radius 1 is 1.14 bits per heavy atom. The molecule has 148 valence electrons. The van der Waals surface area contributed by atoms with Crippen LogP contribution in [0.1, 0.15) is 41.7 Å². The molecular formula is C21H25ClN4O2. The molecule has 0 bridgehead atoms. The highest BCUT2D eigenvalue weighted by molar-refractivity contribution is 6.30. The zero-order valence-electron chi connectivity index (χ0n) is 16.1. The summed E-state index contributed by atoms with van der Waals surface area (Å²) in [7, 11) is 1.86. The molecule has 2 aliphatic rings. The lowest BCUT2D eigenvalue weighted by Crippen LogP contribution is -2.58. The molecule has 2 amide bonds. The summed E-state index contributed by atoms with van der Waals surface area (Å²) in [6, 6.07) is 7.41. The normalized spacial score (nSPS) is 22.1. The highest BCUT2D eigenvalue weighted by Gasteiger charge is 2.47. The number of amides is 2. The number of aromatic nitrogens is 2. The molecule has 3 heterocycles. The second kappa shape index (κ2) is 7.59. The minimum atomic E-state index is -0.261. The molecule has 1 spiro atoms. The number of piperidine rings is 1. The monoisotopic (exact) mass is 400 g/mol. The molecule has 1 aromatic carbocycles. The van der Waals surface area contributed by atoms with Gasteiger partial charge in [0.25, 0.3) is 5.91 Å². The lowest BCUT2D eigenvalue weighted by Gasteiger charge is -2.45. The Hall–Kier alpha value is -2.34. The maximum Gasteiger partial charge on any atom is 0.274 e. The van der Waals surface area contributed by atoms with E-state index in [0.717, 1.165) is 44.3 Å². The topological polar surface area (TPSA) is 58.4 Å². The van der Waals surface area contributed by atoms with Gasteiger partial charge in [-0.2, -0.15) is 0 Å². The van der Waals surface area contributed by atoms with Crippen LogP contribution in [-0.4, -0.2) is 56.3 Å². The second-order valence-electron chi connectivity index (χ2n) is 7.93. The fraction of sp³-hybridized carbons (Fsp3) is 0.476. The highest BCUT2D eigenvalue weighted by atomic mass is 35.5. The van der Waals surface area contributed by atoms with E-state index in [1.807, 2.05) is 41.1 Å². The molecule has 2 aromatic rings. The Bertz CT molecular complexity index is 879. The number of carbonyl (C=O) groups excluding carboxylic acids is 2. The van der Waals surface area contributed by atoms with Crippen molar-refractivity contribution in [2.24, 2.45) is 7.05 Å². The number of nitrogens with zero attached hydrogens (tertiary/aromatic N) is 4. The molecule has 7 heteroatoms. The predicted molar refractivity (Wildman–Crippen MR) is 107 cm³/mol. The van der Waals surface area contributed by atoms with E-state index in [-0.39, 0.29) is 17.4 Å². The van der Waals surface area contributed by atoms with Crippen LogP contribution in [0.5, 0.6) is 0 Å². The first-order valence-corrected chi connectivity index (χ1v) is 10.2. The Kier molecular flexibility index (Phi) is 5.15. The van der Waals surface area contributed by atoms with Crippen LogP contribution in [-0.2, 0) is 18.3 Å². The zero-order chi connectivity index (χ0) is 19.7. The molecule has 4 rings (SSSR count). The predicted octanol–water partition coefficient (Wildman–Crippen LogP) is 2.91. The maximum atomic E-state index is 13.1. The van der Waals surface area contributed by atoms with Gasteiger partial charge in [0.15, 0.2) is 0 Å². The van der Waals surface area contributed by atoms with E-state index >= 15 is 0 Å². The van der Waals surface area contributed by atoms with E-state index in [1.165, 1.54) is 0 Å². The number of hydrogen-bond donors (Lipinski definition) is 0. The molecule has 1 aromatic heterocycles. The standard InChI is InChI=1S/C21H25ClN4O2/c1-24-13-18(23-15-24)20(28)26-11-3-9-21(26)8-2-10-25(14-21)19(27)12-16-4-6-17(22)7-5-16/h4-7,13,15H,2-3,8-12,14H2,1H3. The summed E-state index contributed by atoms with van der Waals surface area (Å²) < 4.78 is 1.79. The Balaban J connectivity index is 1.49. The van der Waals surface area contributed by atoms with Crippen molar-refractivity contribution in [1.82, 2.24) is 19.4 Å². The van der Waals surface area contributed by atoms with Crippen molar-refractivity contribution in [2.45, 2.75) is 37.6 Å². The van der Waals surface area contributed by atoms with Crippen molar-refractivity contribution >= 4 is 23.4 Å². The molecule has 2 aliphatic heterocycles. The molecule has 0 radical (unpaired) electrons. The van der Waals surface area contributed by atoms with E-state index in [2.05, 4.69) is 4.98 Å². The van der Waals surface area contributed by atoms with Crippen LogP contribution in [0.25, 0.3) is 0 Å². The molecule has 2 saturated heterocycles. The van der Waals surface area contributed by atoms with Gasteiger partial charge in [0.1, 0.15) is 5.69 Å². The van der Waals surface area contributed by atoms with E-state index in [0.29, 0.717) is 23.7 Å². The average Bonchev–Trinajstić information content (AvgIpc) is 3.29. The van der Waals surface area contributed by atoms with Crippen LogP contribution in [0.15, 0.2) is 36.8 Å². The van der Waals surface area contributed by atoms with E-state index in [9.17, 15) is 9.59 Å². The summed E-state index contributed by atoms with van der Waals surface area (Å²) in [5.74, 6) is 0.0867. The number of imidazole rings is 1. The molecule has 28 heavy (non-hydrogen) atoms. The molecule has 0 N–H and O–H groups in total. The molecular weight excluding hydrogens is 376 g/mol. The third-order valence-electron chi connectivity index (χ3n) is 5.94. The van der Waals surface area contributed by atoms with Crippen LogP contribution < -0.4 is 0 Å². The van der Waals surface area contributed by atoms with Gasteiger partial charge in [-0.05, 0) is 43.4 Å².